The Kier molecular flexibility index (Phi) is 4.91. The van der Waals surface area contributed by atoms with Crippen LogP contribution in [-0.2, 0) is 16.9 Å². The first-order valence-corrected chi connectivity index (χ1v) is 11.2. The van der Waals surface area contributed by atoms with Crippen molar-refractivity contribution < 1.29 is 9.47 Å². The quantitative estimate of drug-likeness (QED) is 0.726. The highest BCUT2D eigenvalue weighted by molar-refractivity contribution is 5.73. The van der Waals surface area contributed by atoms with Crippen molar-refractivity contribution in [2.75, 3.05) is 33.4 Å². The third-order valence-corrected chi connectivity index (χ3v) is 6.79. The molecule has 1 aliphatic carbocycles. The van der Waals surface area contributed by atoms with Gasteiger partial charge in [0.2, 0.25) is 0 Å². The normalized spacial score (nSPS) is 20.6. The first-order valence-electron chi connectivity index (χ1n) is 11.2. The van der Waals surface area contributed by atoms with Gasteiger partial charge >= 0.3 is 0 Å². The number of fused-ring (bicyclic) bond motifs is 4. The number of likely N-dealkylation sites (tertiary alicyclic amines) is 1. The van der Waals surface area contributed by atoms with Crippen molar-refractivity contribution in [3.8, 4) is 17.0 Å². The van der Waals surface area contributed by atoms with Crippen molar-refractivity contribution in [3.63, 3.8) is 0 Å². The maximum Gasteiger partial charge on any atom is 0.153 e. The summed E-state index contributed by atoms with van der Waals surface area (Å²) in [5.41, 5.74) is 3.26. The van der Waals surface area contributed by atoms with Gasteiger partial charge in [0.05, 0.1) is 18.0 Å². The highest BCUT2D eigenvalue weighted by Gasteiger charge is 2.47. The van der Waals surface area contributed by atoms with Gasteiger partial charge < -0.3 is 18.9 Å². The minimum absolute atomic E-state index is 0.280. The summed E-state index contributed by atoms with van der Waals surface area (Å²) in [7, 11) is 1.77. The van der Waals surface area contributed by atoms with Crippen molar-refractivity contribution in [2.45, 2.75) is 57.6 Å². The molecule has 0 atom stereocenters. The number of para-hydroxylation sites is 1. The highest BCUT2D eigenvalue weighted by Crippen LogP contribution is 2.50. The Morgan fingerprint density at radius 1 is 1.21 bits per heavy atom. The van der Waals surface area contributed by atoms with Crippen LogP contribution in [0.25, 0.3) is 11.3 Å². The van der Waals surface area contributed by atoms with Gasteiger partial charge in [-0.1, -0.05) is 26.0 Å². The maximum atomic E-state index is 6.84. The summed E-state index contributed by atoms with van der Waals surface area (Å²) in [6.07, 6.45) is 4.88. The summed E-state index contributed by atoms with van der Waals surface area (Å²) >= 11 is 0. The van der Waals surface area contributed by atoms with E-state index in [1.54, 1.807) is 7.11 Å². The minimum atomic E-state index is -0.280. The van der Waals surface area contributed by atoms with E-state index in [0.717, 1.165) is 61.2 Å². The molecular formula is C24H33N3O2. The fourth-order valence-corrected chi connectivity index (χ4v) is 5.08. The second-order valence-electron chi connectivity index (χ2n) is 9.30. The van der Waals surface area contributed by atoms with Crippen LogP contribution in [0.2, 0.25) is 0 Å². The van der Waals surface area contributed by atoms with E-state index < -0.39 is 0 Å². The van der Waals surface area contributed by atoms with E-state index >= 15 is 0 Å². The zero-order valence-electron chi connectivity index (χ0n) is 18.0. The molecule has 1 saturated heterocycles. The molecule has 0 unspecified atom stereocenters. The maximum absolute atomic E-state index is 6.84. The largest absolute Gasteiger partial charge is 0.480 e. The zero-order valence-corrected chi connectivity index (χ0v) is 18.0. The highest BCUT2D eigenvalue weighted by atomic mass is 16.5. The van der Waals surface area contributed by atoms with Crippen LogP contribution >= 0.6 is 0 Å². The van der Waals surface area contributed by atoms with E-state index in [1.807, 2.05) is 0 Å². The van der Waals surface area contributed by atoms with Crippen LogP contribution in [0.4, 0.5) is 0 Å². The lowest BCUT2D eigenvalue weighted by Crippen LogP contribution is -2.49. The molecule has 2 aromatic rings. The van der Waals surface area contributed by atoms with Crippen LogP contribution in [0.5, 0.6) is 5.75 Å². The molecule has 3 aliphatic rings. The van der Waals surface area contributed by atoms with E-state index in [9.17, 15) is 0 Å². The molecule has 3 heterocycles. The number of nitrogens with zero attached hydrogens (tertiary/aromatic N) is 3. The Labute approximate surface area is 174 Å². The van der Waals surface area contributed by atoms with Crippen LogP contribution in [0.1, 0.15) is 57.0 Å². The van der Waals surface area contributed by atoms with Gasteiger partial charge in [-0.3, -0.25) is 0 Å². The summed E-state index contributed by atoms with van der Waals surface area (Å²) in [6.45, 7) is 9.44. The van der Waals surface area contributed by atoms with Crippen LogP contribution < -0.4 is 4.74 Å². The number of rotatable bonds is 6. The van der Waals surface area contributed by atoms with Gasteiger partial charge in [0.25, 0.3) is 0 Å². The molecule has 156 valence electrons. The van der Waals surface area contributed by atoms with Crippen molar-refractivity contribution >= 4 is 0 Å². The molecule has 1 spiro atoms. The van der Waals surface area contributed by atoms with E-state index in [-0.39, 0.29) is 5.60 Å². The summed E-state index contributed by atoms with van der Waals surface area (Å²) in [5, 5.41) is 0. The van der Waals surface area contributed by atoms with Gasteiger partial charge in [0, 0.05) is 57.6 Å². The second-order valence-corrected chi connectivity index (χ2v) is 9.30. The predicted molar refractivity (Wildman–Crippen MR) is 114 cm³/mol. The molecule has 2 fully saturated rings. The molecule has 1 aromatic carbocycles. The third kappa shape index (κ3) is 3.38. The van der Waals surface area contributed by atoms with E-state index in [2.05, 4.69) is 47.6 Å². The van der Waals surface area contributed by atoms with Crippen molar-refractivity contribution in [1.29, 1.82) is 0 Å². The molecule has 5 heteroatoms. The molecule has 1 aromatic heterocycles. The Morgan fingerprint density at radius 2 is 1.97 bits per heavy atom. The smallest absolute Gasteiger partial charge is 0.153 e. The lowest BCUT2D eigenvalue weighted by molar-refractivity contribution is -0.0127. The number of hydrogen-bond donors (Lipinski definition) is 0. The fraction of sp³-hybridized carbons (Fsp3) is 0.625. The average Bonchev–Trinajstić information content (AvgIpc) is 3.45. The Balaban J connectivity index is 1.58. The number of piperidine rings is 1. The second kappa shape index (κ2) is 7.44. The van der Waals surface area contributed by atoms with Gasteiger partial charge in [-0.15, -0.1) is 0 Å². The van der Waals surface area contributed by atoms with Gasteiger partial charge in [0.15, 0.2) is 5.60 Å². The first-order chi connectivity index (χ1) is 14.1. The van der Waals surface area contributed by atoms with Gasteiger partial charge in [-0.2, -0.15) is 0 Å². The number of methoxy groups -OCH3 is 1. The van der Waals surface area contributed by atoms with Crippen LogP contribution in [-0.4, -0.2) is 47.8 Å². The van der Waals surface area contributed by atoms with E-state index in [1.165, 1.54) is 25.1 Å². The van der Waals surface area contributed by atoms with Gasteiger partial charge in [-0.05, 0) is 30.9 Å². The fourth-order valence-electron chi connectivity index (χ4n) is 5.08. The zero-order chi connectivity index (χ0) is 20.0. The summed E-state index contributed by atoms with van der Waals surface area (Å²) in [6, 6.07) is 8.43. The lowest BCUT2D eigenvalue weighted by atomic mass is 9.83. The number of ether oxygens (including phenoxy) is 2. The molecule has 5 rings (SSSR count). The molecule has 0 amide bonds. The molecule has 0 N–H and O–H groups in total. The molecule has 1 saturated carbocycles. The average molecular weight is 396 g/mol. The monoisotopic (exact) mass is 395 g/mol. The summed E-state index contributed by atoms with van der Waals surface area (Å²) in [5.74, 6) is 3.43. The van der Waals surface area contributed by atoms with Crippen LogP contribution in [0.3, 0.4) is 0 Å². The Hall–Kier alpha value is -1.85. The summed E-state index contributed by atoms with van der Waals surface area (Å²) in [4.78, 5) is 7.83. The SMILES string of the molecule is COCCn1c(C(C)C)nc2c1C1(CCN(CC3CC3)CC1)Oc1ccccc1-2. The van der Waals surface area contributed by atoms with Gasteiger partial charge in [-0.25, -0.2) is 4.98 Å². The molecule has 0 radical (unpaired) electrons. The minimum Gasteiger partial charge on any atom is -0.480 e. The lowest BCUT2D eigenvalue weighted by Gasteiger charge is -2.45. The van der Waals surface area contributed by atoms with Crippen LogP contribution in [0.15, 0.2) is 24.3 Å². The first kappa shape index (κ1) is 19.1. The molecular weight excluding hydrogens is 362 g/mol. The standard InChI is InChI=1S/C24H33N3O2/c1-17(2)23-25-21-19-6-4-5-7-20(19)29-24(22(21)27(23)14-15-28-3)10-12-26(13-11-24)16-18-8-9-18/h4-7,17-18H,8-16H2,1-3H3. The number of hydrogen-bond acceptors (Lipinski definition) is 4. The van der Waals surface area contributed by atoms with Crippen molar-refractivity contribution in [3.05, 3.63) is 35.8 Å². The number of aromatic nitrogens is 2. The number of benzene rings is 1. The Bertz CT molecular complexity index is 876. The molecule has 29 heavy (non-hydrogen) atoms. The van der Waals surface area contributed by atoms with Crippen LogP contribution in [0, 0.1) is 5.92 Å². The van der Waals surface area contributed by atoms with Crippen molar-refractivity contribution in [1.82, 2.24) is 14.5 Å². The van der Waals surface area contributed by atoms with E-state index in [4.69, 9.17) is 14.5 Å². The summed E-state index contributed by atoms with van der Waals surface area (Å²) < 4.78 is 14.7. The molecule has 5 nitrogen and oxygen atoms in total. The molecule has 2 aliphatic heterocycles. The van der Waals surface area contributed by atoms with E-state index in [0.29, 0.717) is 12.5 Å². The molecule has 0 bridgehead atoms. The topological polar surface area (TPSA) is 39.5 Å². The van der Waals surface area contributed by atoms with Gasteiger partial charge in [0.1, 0.15) is 11.6 Å². The van der Waals surface area contributed by atoms with Crippen molar-refractivity contribution in [2.24, 2.45) is 5.92 Å². The number of imidazole rings is 1. The third-order valence-electron chi connectivity index (χ3n) is 6.79. The Morgan fingerprint density at radius 3 is 2.66 bits per heavy atom. The predicted octanol–water partition coefficient (Wildman–Crippen LogP) is 4.41.